The van der Waals surface area contributed by atoms with E-state index in [9.17, 15) is 29.7 Å². The van der Waals surface area contributed by atoms with E-state index < -0.39 is 48.3 Å². The fourth-order valence-corrected chi connectivity index (χ4v) is 4.77. The summed E-state index contributed by atoms with van der Waals surface area (Å²) in [5.74, 6) is -1.53. The van der Waals surface area contributed by atoms with Gasteiger partial charge in [0.05, 0.1) is 64.1 Å². The number of ether oxygens (including phenoxy) is 2. The summed E-state index contributed by atoms with van der Waals surface area (Å²) in [5, 5.41) is 76.3. The Labute approximate surface area is 316 Å². The quantitative estimate of drug-likeness (QED) is 0.0306. The van der Waals surface area contributed by atoms with Crippen molar-refractivity contribution in [3.05, 3.63) is 0 Å². The van der Waals surface area contributed by atoms with Crippen molar-refractivity contribution >= 4 is 17.7 Å². The van der Waals surface area contributed by atoms with Gasteiger partial charge in [0.1, 0.15) is 12.1 Å². The van der Waals surface area contributed by atoms with Crippen LogP contribution in [-0.2, 0) is 23.9 Å². The Bertz CT molecular complexity index is 848. The van der Waals surface area contributed by atoms with Gasteiger partial charge >= 0.3 is 0 Å². The van der Waals surface area contributed by atoms with Gasteiger partial charge in [0.15, 0.2) is 0 Å². The van der Waals surface area contributed by atoms with Crippen molar-refractivity contribution in [3.63, 3.8) is 0 Å². The van der Waals surface area contributed by atoms with Crippen LogP contribution in [-0.4, -0.2) is 180 Å². The Morgan fingerprint density at radius 3 is 1.72 bits per heavy atom. The molecule has 0 aromatic heterocycles. The number of hydrogen-bond donors (Lipinski definition) is 12. The summed E-state index contributed by atoms with van der Waals surface area (Å²) in [4.78, 5) is 40.0. The second kappa shape index (κ2) is 39.6. The number of aliphatic hydroxyl groups excluding tert-OH is 8. The first-order chi connectivity index (χ1) is 25.3. The van der Waals surface area contributed by atoms with E-state index in [-0.39, 0.29) is 45.2 Å². The molecule has 0 rings (SSSR count). The van der Waals surface area contributed by atoms with Crippen LogP contribution in [0.5, 0.6) is 0 Å². The Morgan fingerprint density at radius 1 is 0.679 bits per heavy atom. The highest BCUT2D eigenvalue weighted by Crippen LogP contribution is 2.11. The van der Waals surface area contributed by atoms with Crippen LogP contribution in [0.15, 0.2) is 0 Å². The molecule has 3 unspecified atom stereocenters. The van der Waals surface area contributed by atoms with Crippen molar-refractivity contribution in [2.45, 2.75) is 127 Å². The third kappa shape index (κ3) is 36.7. The molecule has 0 aliphatic carbocycles. The third-order valence-corrected chi connectivity index (χ3v) is 7.77. The standard InChI is InChI=1S/C31H63N5O10.C3H8O2.CH4O/c1-2-45-19-20-46-18-14-29(42)34-28(31(44)35-27(30(33)43)10-3-6-15-32)11-5-8-17-36(16-7-4-9-25(40)22-37)21-24(39)12-13-26(41)23-38;1-3(5)2-4;1-2/h24-28,37-41H,2-23,32H2,1H3,(H2,33,43)(H,34,42)(H,35,44);3-5H,2H2,1H3;2H,1H3/t24-,25?,26?,27+,28?;3-;/m10./s1. The van der Waals surface area contributed by atoms with E-state index in [2.05, 4.69) is 15.5 Å². The first kappa shape index (κ1) is 55.3. The summed E-state index contributed by atoms with van der Waals surface area (Å²) in [6, 6.07) is -1.78. The number of nitrogens with one attached hydrogen (secondary N) is 2. The summed E-state index contributed by atoms with van der Waals surface area (Å²) in [5.41, 5.74) is 11.1. The smallest absolute Gasteiger partial charge is 0.243 e. The van der Waals surface area contributed by atoms with E-state index in [0.29, 0.717) is 104 Å². The summed E-state index contributed by atoms with van der Waals surface area (Å²) in [6.45, 7) is 6.11. The molecule has 0 spiro atoms. The zero-order chi connectivity index (χ0) is 40.9. The van der Waals surface area contributed by atoms with Gasteiger partial charge in [-0.3, -0.25) is 14.4 Å². The first-order valence-electron chi connectivity index (χ1n) is 18.8. The van der Waals surface area contributed by atoms with Gasteiger partial charge in [-0.15, -0.1) is 0 Å². The van der Waals surface area contributed by atoms with Crippen molar-refractivity contribution in [3.8, 4) is 0 Å². The predicted molar refractivity (Wildman–Crippen MR) is 200 cm³/mol. The number of carbonyl (C=O) groups is 3. The molecule has 3 amide bonds. The summed E-state index contributed by atoms with van der Waals surface area (Å²) in [6.07, 6.45) is 2.70. The van der Waals surface area contributed by atoms with E-state index in [4.69, 9.17) is 46.5 Å². The number of rotatable bonds is 33. The molecule has 18 nitrogen and oxygen atoms in total. The van der Waals surface area contributed by atoms with Crippen molar-refractivity contribution < 1.29 is 64.7 Å². The molecule has 0 heterocycles. The summed E-state index contributed by atoms with van der Waals surface area (Å²) >= 11 is 0. The molecular formula is C35H75N5O13. The molecule has 0 aliphatic heterocycles. The first-order valence-corrected chi connectivity index (χ1v) is 18.8. The summed E-state index contributed by atoms with van der Waals surface area (Å²) < 4.78 is 10.6. The van der Waals surface area contributed by atoms with Gasteiger partial charge in [-0.1, -0.05) is 0 Å². The SMILES string of the molecule is CCOCCOCCC(=O)NC(CCCCN(CCCCC(O)CO)C[C@H](O)CCC(O)CO)C(=O)N[C@@H](CCCCN)C(N)=O.CO.C[C@H](O)CO. The molecule has 0 saturated heterocycles. The summed E-state index contributed by atoms with van der Waals surface area (Å²) in [7, 11) is 1.00. The number of carbonyl (C=O) groups excluding carboxylic acids is 3. The van der Waals surface area contributed by atoms with Crippen molar-refractivity contribution in [2.75, 3.05) is 79.5 Å². The second-order valence-electron chi connectivity index (χ2n) is 12.7. The molecule has 0 aromatic rings. The minimum absolute atomic E-state index is 0.0489. The molecule has 14 N–H and O–H groups in total. The zero-order valence-corrected chi connectivity index (χ0v) is 32.4. The van der Waals surface area contributed by atoms with Crippen LogP contribution in [0, 0.1) is 0 Å². The largest absolute Gasteiger partial charge is 0.400 e. The van der Waals surface area contributed by atoms with E-state index >= 15 is 0 Å². The van der Waals surface area contributed by atoms with Crippen LogP contribution < -0.4 is 22.1 Å². The lowest BCUT2D eigenvalue weighted by Crippen LogP contribution is -2.53. The number of hydrogen-bond acceptors (Lipinski definition) is 15. The lowest BCUT2D eigenvalue weighted by molar-refractivity contribution is -0.132. The van der Waals surface area contributed by atoms with Gasteiger partial charge in [-0.2, -0.15) is 0 Å². The monoisotopic (exact) mass is 774 g/mol. The number of aliphatic hydroxyl groups is 8. The molecule has 0 saturated carbocycles. The van der Waals surface area contributed by atoms with Crippen LogP contribution in [0.4, 0.5) is 0 Å². The van der Waals surface area contributed by atoms with Gasteiger partial charge in [0, 0.05) is 26.7 Å². The van der Waals surface area contributed by atoms with Gasteiger partial charge in [-0.25, -0.2) is 0 Å². The third-order valence-electron chi connectivity index (χ3n) is 7.77. The Balaban J connectivity index is -0.00000327. The van der Waals surface area contributed by atoms with Crippen LogP contribution in [0.1, 0.15) is 90.9 Å². The maximum Gasteiger partial charge on any atom is 0.243 e. The van der Waals surface area contributed by atoms with Crippen LogP contribution in [0.2, 0.25) is 0 Å². The fraction of sp³-hybridized carbons (Fsp3) is 0.914. The average Bonchev–Trinajstić information content (AvgIpc) is 3.14. The Kier molecular flexibility index (Phi) is 41.3. The van der Waals surface area contributed by atoms with Gasteiger partial charge < -0.3 is 77.3 Å². The lowest BCUT2D eigenvalue weighted by Gasteiger charge is -2.26. The minimum atomic E-state index is -0.897. The number of unbranched alkanes of at least 4 members (excludes halogenated alkanes) is 3. The van der Waals surface area contributed by atoms with Crippen molar-refractivity contribution in [2.24, 2.45) is 11.5 Å². The average molecular weight is 774 g/mol. The molecule has 0 fully saturated rings. The van der Waals surface area contributed by atoms with Gasteiger partial charge in [-0.05, 0) is 104 Å². The molecular weight excluding hydrogens is 698 g/mol. The minimum Gasteiger partial charge on any atom is -0.400 e. The fourth-order valence-electron chi connectivity index (χ4n) is 4.77. The van der Waals surface area contributed by atoms with Gasteiger partial charge in [0.2, 0.25) is 17.7 Å². The molecule has 0 aliphatic rings. The number of nitrogens with two attached hydrogens (primary N) is 2. The molecule has 0 radical (unpaired) electrons. The highest BCUT2D eigenvalue weighted by molar-refractivity contribution is 5.91. The topological polar surface area (TPSA) is 311 Å². The molecule has 18 heteroatoms. The van der Waals surface area contributed by atoms with E-state index in [0.717, 1.165) is 13.5 Å². The Morgan fingerprint density at radius 2 is 1.19 bits per heavy atom. The molecule has 0 aromatic carbocycles. The Hall–Kier alpha value is -2.07. The number of primary amides is 1. The van der Waals surface area contributed by atoms with Crippen LogP contribution in [0.25, 0.3) is 0 Å². The number of nitrogens with zero attached hydrogens (tertiary/aromatic N) is 1. The highest BCUT2D eigenvalue weighted by atomic mass is 16.5. The lowest BCUT2D eigenvalue weighted by atomic mass is 10.0. The van der Waals surface area contributed by atoms with Gasteiger partial charge in [0.25, 0.3) is 0 Å². The normalized spacial score (nSPS) is 14.4. The van der Waals surface area contributed by atoms with Crippen LogP contribution >= 0.6 is 0 Å². The zero-order valence-electron chi connectivity index (χ0n) is 32.4. The predicted octanol–water partition coefficient (Wildman–Crippen LogP) is -2.53. The maximum atomic E-state index is 13.2. The van der Waals surface area contributed by atoms with Crippen LogP contribution in [0.3, 0.4) is 0 Å². The van der Waals surface area contributed by atoms with E-state index in [1.165, 1.54) is 6.92 Å². The second-order valence-corrected chi connectivity index (χ2v) is 12.7. The molecule has 318 valence electrons. The van der Waals surface area contributed by atoms with Crippen molar-refractivity contribution in [1.82, 2.24) is 15.5 Å². The van der Waals surface area contributed by atoms with E-state index in [1.807, 2.05) is 6.92 Å². The molecule has 6 atom stereocenters. The maximum absolute atomic E-state index is 13.2. The number of amides is 3. The molecule has 53 heavy (non-hydrogen) atoms. The van der Waals surface area contributed by atoms with Crippen molar-refractivity contribution in [1.29, 1.82) is 0 Å². The van der Waals surface area contributed by atoms with E-state index in [1.54, 1.807) is 0 Å². The molecule has 0 bridgehead atoms. The highest BCUT2D eigenvalue weighted by Gasteiger charge is 2.25.